The molecule has 8 nitrogen and oxygen atoms in total. The molecule has 2 unspecified atom stereocenters. The van der Waals surface area contributed by atoms with E-state index in [0.29, 0.717) is 33.7 Å². The van der Waals surface area contributed by atoms with E-state index in [1.165, 1.54) is 29.4 Å². The first-order chi connectivity index (χ1) is 19.6. The van der Waals surface area contributed by atoms with Crippen LogP contribution in [0.5, 0.6) is 0 Å². The van der Waals surface area contributed by atoms with Gasteiger partial charge in [-0.15, -0.1) is 23.7 Å². The predicted molar refractivity (Wildman–Crippen MR) is 159 cm³/mol. The minimum absolute atomic E-state index is 0. The van der Waals surface area contributed by atoms with Crippen molar-refractivity contribution in [2.75, 3.05) is 27.2 Å². The predicted octanol–water partition coefficient (Wildman–Crippen LogP) is 5.27. The summed E-state index contributed by atoms with van der Waals surface area (Å²) in [5.41, 5.74) is -0.285. The lowest BCUT2D eigenvalue weighted by Gasteiger charge is -2.23. The molecule has 2 saturated heterocycles. The number of hydrogen-bond donors (Lipinski definition) is 0. The minimum Gasteiger partial charge on any atom is -0.337 e. The first-order valence-corrected chi connectivity index (χ1v) is 14.7. The van der Waals surface area contributed by atoms with E-state index in [9.17, 15) is 27.6 Å². The molecule has 2 aliphatic heterocycles. The van der Waals surface area contributed by atoms with Gasteiger partial charge in [0, 0.05) is 35.8 Å². The monoisotopic (exact) mass is 635 g/mol. The van der Waals surface area contributed by atoms with Gasteiger partial charge in [0.15, 0.2) is 0 Å². The highest BCUT2D eigenvalue weighted by Gasteiger charge is 2.72. The maximum absolute atomic E-state index is 14.0. The van der Waals surface area contributed by atoms with Gasteiger partial charge in [-0.1, -0.05) is 20.8 Å². The topological polar surface area (TPSA) is 86.7 Å². The number of thiophene rings is 1. The second-order valence-electron chi connectivity index (χ2n) is 12.6. The van der Waals surface area contributed by atoms with Crippen LogP contribution in [0.3, 0.4) is 0 Å². The number of aryl methyl sites for hydroxylation is 1. The van der Waals surface area contributed by atoms with E-state index in [0.717, 1.165) is 6.07 Å². The maximum Gasteiger partial charge on any atom is 0.433 e. The van der Waals surface area contributed by atoms with Crippen molar-refractivity contribution in [1.82, 2.24) is 24.7 Å². The quantitative estimate of drug-likeness (QED) is 0.355. The number of alkyl halides is 3. The number of imide groups is 1. The Labute approximate surface area is 257 Å². The van der Waals surface area contributed by atoms with Crippen LogP contribution >= 0.6 is 23.7 Å². The molecule has 3 amide bonds. The fourth-order valence-electron chi connectivity index (χ4n) is 6.80. The molecule has 3 fully saturated rings. The van der Waals surface area contributed by atoms with Crippen LogP contribution < -0.4 is 0 Å². The van der Waals surface area contributed by atoms with Gasteiger partial charge in [0.25, 0.3) is 5.91 Å². The van der Waals surface area contributed by atoms with Crippen molar-refractivity contribution >= 4 is 51.7 Å². The van der Waals surface area contributed by atoms with Crippen LogP contribution in [0.1, 0.15) is 47.3 Å². The summed E-state index contributed by atoms with van der Waals surface area (Å²) >= 11 is 1.24. The van der Waals surface area contributed by atoms with Crippen LogP contribution in [0.25, 0.3) is 21.5 Å². The van der Waals surface area contributed by atoms with E-state index in [4.69, 9.17) is 0 Å². The Morgan fingerprint density at radius 3 is 2.37 bits per heavy atom. The van der Waals surface area contributed by atoms with Crippen LogP contribution in [0.2, 0.25) is 0 Å². The number of likely N-dealkylation sites (N-methyl/N-ethyl adjacent to an activating group) is 1. The molecule has 230 valence electrons. The second-order valence-corrected chi connectivity index (χ2v) is 13.7. The number of carbonyl (C=O) groups excluding carboxylic acids is 3. The number of fused-ring (bicyclic) bond motifs is 2. The summed E-state index contributed by atoms with van der Waals surface area (Å²) in [6, 6.07) is 4.36. The first-order valence-electron chi connectivity index (χ1n) is 13.9. The van der Waals surface area contributed by atoms with Crippen LogP contribution in [0, 0.1) is 30.1 Å². The number of piperidine rings is 1. The molecule has 3 aliphatic rings. The van der Waals surface area contributed by atoms with Crippen molar-refractivity contribution in [3.63, 3.8) is 0 Å². The lowest BCUT2D eigenvalue weighted by atomic mass is 9.99. The van der Waals surface area contributed by atoms with Crippen molar-refractivity contribution in [1.29, 1.82) is 0 Å². The largest absolute Gasteiger partial charge is 0.433 e. The third-order valence-corrected chi connectivity index (χ3v) is 10.3. The Morgan fingerprint density at radius 1 is 1.14 bits per heavy atom. The van der Waals surface area contributed by atoms with Crippen LogP contribution in [-0.2, 0) is 22.3 Å². The number of hydrogen-bond acceptors (Lipinski definition) is 7. The number of carbonyl (C=O) groups is 3. The van der Waals surface area contributed by atoms with Crippen molar-refractivity contribution in [2.24, 2.45) is 23.2 Å². The van der Waals surface area contributed by atoms with Gasteiger partial charge in [-0.2, -0.15) is 13.2 Å². The molecule has 3 aromatic rings. The molecule has 5 heterocycles. The van der Waals surface area contributed by atoms with Gasteiger partial charge in [0.2, 0.25) is 11.8 Å². The molecule has 0 aromatic carbocycles. The number of amides is 3. The third-order valence-electron chi connectivity index (χ3n) is 9.17. The molecule has 43 heavy (non-hydrogen) atoms. The highest BCUT2D eigenvalue weighted by Crippen LogP contribution is 2.63. The highest BCUT2D eigenvalue weighted by atomic mass is 35.5. The Kier molecular flexibility index (Phi) is 7.67. The number of aromatic nitrogens is 2. The maximum atomic E-state index is 14.0. The summed E-state index contributed by atoms with van der Waals surface area (Å²) in [5, 5.41) is 0. The fourth-order valence-corrected chi connectivity index (χ4v) is 7.91. The van der Waals surface area contributed by atoms with Gasteiger partial charge in [-0.3, -0.25) is 24.3 Å². The van der Waals surface area contributed by atoms with E-state index >= 15 is 0 Å². The van der Waals surface area contributed by atoms with Crippen molar-refractivity contribution < 1.29 is 27.6 Å². The highest BCUT2D eigenvalue weighted by molar-refractivity contribution is 7.19. The van der Waals surface area contributed by atoms with Crippen LogP contribution in [0.4, 0.5) is 13.2 Å². The zero-order chi connectivity index (χ0) is 30.5. The fraction of sp³-hybridized carbons (Fsp3) is 0.500. The lowest BCUT2D eigenvalue weighted by Crippen LogP contribution is -2.36. The van der Waals surface area contributed by atoms with Gasteiger partial charge in [0.1, 0.15) is 5.69 Å². The molecule has 0 radical (unpaired) electrons. The summed E-state index contributed by atoms with van der Waals surface area (Å²) in [4.78, 5) is 53.9. The molecule has 1 aliphatic carbocycles. The van der Waals surface area contributed by atoms with Gasteiger partial charge >= 0.3 is 6.18 Å². The SMILES string of the molecule is Cc1cc(C(F)(F)F)nc(-c2ccnc3cc(CN4C(=O)C5C(C4=O)C5(C)C)sc23)c1C(=O)N1C[C@@H](C)[C@H](N(C)C)C1.Cl. The molecular formula is C30H33ClF3N5O3S. The summed E-state index contributed by atoms with van der Waals surface area (Å²) in [6.07, 6.45) is -3.24. The molecule has 4 atom stereocenters. The molecule has 13 heteroatoms. The molecular weight excluding hydrogens is 603 g/mol. The first kappa shape index (κ1) is 31.3. The third kappa shape index (κ3) is 5.01. The summed E-state index contributed by atoms with van der Waals surface area (Å²) in [6.45, 7) is 8.39. The van der Waals surface area contributed by atoms with E-state index in [1.54, 1.807) is 17.0 Å². The van der Waals surface area contributed by atoms with E-state index < -0.39 is 11.9 Å². The van der Waals surface area contributed by atoms with Crippen molar-refractivity contribution in [2.45, 2.75) is 46.5 Å². The number of likely N-dealkylation sites (tertiary alicyclic amines) is 2. The number of halogens is 4. The Bertz CT molecular complexity index is 1630. The molecule has 3 aromatic heterocycles. The lowest BCUT2D eigenvalue weighted by molar-refractivity contribution is -0.144. The Hall–Kier alpha value is -3.09. The van der Waals surface area contributed by atoms with Crippen molar-refractivity contribution in [3.8, 4) is 11.3 Å². The van der Waals surface area contributed by atoms with Gasteiger partial charge in [-0.25, -0.2) is 4.98 Å². The number of nitrogens with zero attached hydrogens (tertiary/aromatic N) is 5. The Morgan fingerprint density at radius 2 is 1.79 bits per heavy atom. The van der Waals surface area contributed by atoms with E-state index in [-0.39, 0.29) is 82.7 Å². The smallest absolute Gasteiger partial charge is 0.337 e. The zero-order valence-electron chi connectivity index (χ0n) is 24.7. The molecule has 0 N–H and O–H groups in total. The van der Waals surface area contributed by atoms with Crippen molar-refractivity contribution in [3.05, 3.63) is 46.1 Å². The van der Waals surface area contributed by atoms with Gasteiger partial charge < -0.3 is 9.80 Å². The molecule has 0 spiro atoms. The normalized spacial score (nSPS) is 24.6. The molecule has 1 saturated carbocycles. The van der Waals surface area contributed by atoms with E-state index in [2.05, 4.69) is 21.8 Å². The number of pyridine rings is 2. The average Bonchev–Trinajstić information content (AvgIpc) is 3.25. The van der Waals surface area contributed by atoms with Crippen LogP contribution in [0.15, 0.2) is 24.4 Å². The minimum atomic E-state index is -4.71. The number of rotatable bonds is 5. The van der Waals surface area contributed by atoms with Gasteiger partial charge in [-0.05, 0) is 56.1 Å². The standard InChI is InChI=1S/C30H32F3N5O3S.ClH/c1-14-9-20(30(31,32)33)35-24(21(14)26(39)37-11-15(2)19(13-37)36(5)6)17-7-8-34-18-10-16(42-25(17)18)12-38-27(40)22-23(28(38)41)29(22,3)4;/h7-10,15,19,22-23H,11-13H2,1-6H3;1H/t15-,19-,22?,23?;/m1./s1. The van der Waals surface area contributed by atoms with E-state index in [1.807, 2.05) is 27.9 Å². The molecule has 0 bridgehead atoms. The van der Waals surface area contributed by atoms with Gasteiger partial charge in [0.05, 0.1) is 39.9 Å². The zero-order valence-corrected chi connectivity index (χ0v) is 26.3. The second kappa shape index (κ2) is 10.5. The Balaban J connectivity index is 0.00000368. The summed E-state index contributed by atoms with van der Waals surface area (Å²) in [7, 11) is 3.89. The summed E-state index contributed by atoms with van der Waals surface area (Å²) in [5.74, 6) is -1.18. The average molecular weight is 636 g/mol. The molecule has 6 rings (SSSR count). The summed E-state index contributed by atoms with van der Waals surface area (Å²) < 4.78 is 42.4. The van der Waals surface area contributed by atoms with Crippen LogP contribution in [-0.4, -0.2) is 75.6 Å².